The fraction of sp³-hybridized carbons (Fsp3) is 0.222. The minimum absolute atomic E-state index is 0.0152. The van der Waals surface area contributed by atoms with Crippen LogP contribution in [0.1, 0.15) is 37.4 Å². The number of carbonyl (C=O) groups is 2. The van der Waals surface area contributed by atoms with Gasteiger partial charge in [0, 0.05) is 11.1 Å². The van der Waals surface area contributed by atoms with Gasteiger partial charge in [-0.2, -0.15) is 0 Å². The van der Waals surface area contributed by atoms with E-state index in [2.05, 4.69) is 0 Å². The number of methoxy groups -OCH3 is 3. The summed E-state index contributed by atoms with van der Waals surface area (Å²) in [6.07, 6.45) is 0. The smallest absolute Gasteiger partial charge is 0.203 e. The Kier molecular flexibility index (Phi) is 4.21. The molecule has 0 saturated heterocycles. The molecule has 8 nitrogen and oxygen atoms in total. The number of phenols is 2. The molecule has 0 fully saturated rings. The molecule has 0 atom stereocenters. The van der Waals surface area contributed by atoms with Gasteiger partial charge in [0.1, 0.15) is 11.5 Å². The van der Waals surface area contributed by atoms with Crippen molar-refractivity contribution in [2.24, 2.45) is 0 Å². The Bertz CT molecular complexity index is 945. The van der Waals surface area contributed by atoms with Crippen molar-refractivity contribution >= 4 is 11.6 Å². The predicted molar refractivity (Wildman–Crippen MR) is 88.7 cm³/mol. The first kappa shape index (κ1) is 17.6. The predicted octanol–water partition coefficient (Wildman–Crippen LogP) is 1.39. The molecule has 3 N–H and O–H groups in total. The molecule has 0 aromatic heterocycles. The zero-order valence-electron chi connectivity index (χ0n) is 14.2. The van der Waals surface area contributed by atoms with Gasteiger partial charge >= 0.3 is 0 Å². The third-order valence-corrected chi connectivity index (χ3v) is 4.26. The number of aliphatic hydroxyl groups excluding tert-OH is 1. The minimum Gasteiger partial charge on any atom is -0.507 e. The first-order valence-electron chi connectivity index (χ1n) is 7.52. The van der Waals surface area contributed by atoms with Crippen molar-refractivity contribution in [3.8, 4) is 28.7 Å². The summed E-state index contributed by atoms with van der Waals surface area (Å²) in [6.45, 7) is -0.504. The van der Waals surface area contributed by atoms with Crippen LogP contribution in [0.25, 0.3) is 0 Å². The number of rotatable bonds is 4. The molecule has 3 rings (SSSR count). The summed E-state index contributed by atoms with van der Waals surface area (Å²) in [5.41, 5.74) is -0.541. The van der Waals surface area contributed by atoms with Crippen LogP contribution in [-0.2, 0) is 6.61 Å². The molecule has 8 heteroatoms. The van der Waals surface area contributed by atoms with Gasteiger partial charge < -0.3 is 29.5 Å². The Labute approximate surface area is 148 Å². The Morgan fingerprint density at radius 2 is 1.38 bits per heavy atom. The molecule has 0 aliphatic heterocycles. The monoisotopic (exact) mass is 360 g/mol. The average molecular weight is 360 g/mol. The third-order valence-electron chi connectivity index (χ3n) is 4.26. The molecular weight excluding hydrogens is 344 g/mol. The fourth-order valence-electron chi connectivity index (χ4n) is 3.18. The summed E-state index contributed by atoms with van der Waals surface area (Å²) in [5, 5.41) is 29.9. The number of ether oxygens (including phenoxy) is 3. The molecule has 0 amide bonds. The highest BCUT2D eigenvalue weighted by Gasteiger charge is 2.40. The average Bonchev–Trinajstić information content (AvgIpc) is 2.63. The highest BCUT2D eigenvalue weighted by molar-refractivity contribution is 6.31. The minimum atomic E-state index is -0.690. The van der Waals surface area contributed by atoms with Crippen LogP contribution in [0.5, 0.6) is 28.7 Å². The van der Waals surface area contributed by atoms with Gasteiger partial charge in [0.2, 0.25) is 11.5 Å². The number of benzene rings is 2. The molecule has 136 valence electrons. The van der Waals surface area contributed by atoms with E-state index in [0.29, 0.717) is 0 Å². The first-order valence-corrected chi connectivity index (χ1v) is 7.52. The molecule has 0 radical (unpaired) electrons. The second kappa shape index (κ2) is 6.23. The number of aliphatic hydroxyl groups is 1. The van der Waals surface area contributed by atoms with Crippen LogP contribution in [0.2, 0.25) is 0 Å². The quantitative estimate of drug-likeness (QED) is 0.638. The molecule has 0 unspecified atom stereocenters. The molecule has 1 aliphatic rings. The van der Waals surface area contributed by atoms with Crippen LogP contribution in [0, 0.1) is 0 Å². The number of carbonyl (C=O) groups excluding carboxylic acids is 2. The molecule has 2 aromatic rings. The number of fused-ring (bicyclic) bond motifs is 2. The molecule has 26 heavy (non-hydrogen) atoms. The lowest BCUT2D eigenvalue weighted by Gasteiger charge is -2.24. The maximum absolute atomic E-state index is 13.1. The molecule has 0 heterocycles. The molecule has 2 aromatic carbocycles. The van der Waals surface area contributed by atoms with Gasteiger partial charge in [0.15, 0.2) is 17.3 Å². The van der Waals surface area contributed by atoms with Crippen LogP contribution in [-0.4, -0.2) is 48.2 Å². The number of phenolic OH excluding ortho intramolecular Hbond substituents is 2. The summed E-state index contributed by atoms with van der Waals surface area (Å²) in [7, 11) is 3.83. The summed E-state index contributed by atoms with van der Waals surface area (Å²) >= 11 is 0. The Balaban J connectivity index is 2.43. The van der Waals surface area contributed by atoms with E-state index in [1.165, 1.54) is 21.3 Å². The standard InChI is InChI=1S/C18H16O8/c1-24-16-7(6-19)4-9(20)12-13(16)14(22)8-5-10(21)17(25-2)18(26-3)11(8)15(12)23/h4-5,19-21H,6H2,1-3H3. The van der Waals surface area contributed by atoms with Crippen molar-refractivity contribution in [1.29, 1.82) is 0 Å². The van der Waals surface area contributed by atoms with Gasteiger partial charge in [0.05, 0.1) is 44.6 Å². The van der Waals surface area contributed by atoms with Gasteiger partial charge in [-0.3, -0.25) is 9.59 Å². The maximum atomic E-state index is 13.1. The van der Waals surface area contributed by atoms with E-state index in [1.54, 1.807) is 0 Å². The second-order valence-corrected chi connectivity index (χ2v) is 5.54. The van der Waals surface area contributed by atoms with E-state index in [1.807, 2.05) is 0 Å². The zero-order valence-corrected chi connectivity index (χ0v) is 14.2. The van der Waals surface area contributed by atoms with E-state index >= 15 is 0 Å². The highest BCUT2D eigenvalue weighted by atomic mass is 16.5. The molecule has 0 saturated carbocycles. The van der Waals surface area contributed by atoms with Crippen LogP contribution >= 0.6 is 0 Å². The molecule has 0 bridgehead atoms. The number of hydrogen-bond acceptors (Lipinski definition) is 8. The first-order chi connectivity index (χ1) is 12.4. The lowest BCUT2D eigenvalue weighted by molar-refractivity contribution is 0.0970. The largest absolute Gasteiger partial charge is 0.507 e. The molecule has 1 aliphatic carbocycles. The molecule has 0 spiro atoms. The van der Waals surface area contributed by atoms with E-state index in [4.69, 9.17) is 14.2 Å². The Morgan fingerprint density at radius 1 is 0.769 bits per heavy atom. The van der Waals surface area contributed by atoms with Crippen molar-refractivity contribution in [2.75, 3.05) is 21.3 Å². The Hall–Kier alpha value is -3.26. The highest BCUT2D eigenvalue weighted by Crippen LogP contribution is 2.48. The van der Waals surface area contributed by atoms with Crippen molar-refractivity contribution in [1.82, 2.24) is 0 Å². The van der Waals surface area contributed by atoms with E-state index < -0.39 is 23.9 Å². The van der Waals surface area contributed by atoms with Crippen LogP contribution in [0.3, 0.4) is 0 Å². The van der Waals surface area contributed by atoms with Gasteiger partial charge in [-0.05, 0) is 12.1 Å². The van der Waals surface area contributed by atoms with Crippen molar-refractivity contribution in [3.05, 3.63) is 39.9 Å². The van der Waals surface area contributed by atoms with E-state index in [-0.39, 0.29) is 50.8 Å². The van der Waals surface area contributed by atoms with Crippen molar-refractivity contribution in [2.45, 2.75) is 6.61 Å². The van der Waals surface area contributed by atoms with Crippen molar-refractivity contribution < 1.29 is 39.1 Å². The second-order valence-electron chi connectivity index (χ2n) is 5.54. The maximum Gasteiger partial charge on any atom is 0.203 e. The normalized spacial score (nSPS) is 12.5. The third kappa shape index (κ3) is 2.19. The van der Waals surface area contributed by atoms with E-state index in [0.717, 1.165) is 12.1 Å². The number of ketones is 2. The fourth-order valence-corrected chi connectivity index (χ4v) is 3.18. The van der Waals surface area contributed by atoms with Gasteiger partial charge in [-0.25, -0.2) is 0 Å². The van der Waals surface area contributed by atoms with Crippen LogP contribution in [0.15, 0.2) is 12.1 Å². The summed E-state index contributed by atoms with van der Waals surface area (Å²) in [5.74, 6) is -2.43. The molecular formula is C18H16O8. The Morgan fingerprint density at radius 3 is 1.92 bits per heavy atom. The SMILES string of the molecule is COc1c(O)cc2c(c1OC)C(=O)c1c(O)cc(CO)c(OC)c1C2=O. The summed E-state index contributed by atoms with van der Waals surface area (Å²) < 4.78 is 15.4. The van der Waals surface area contributed by atoms with Gasteiger partial charge in [-0.15, -0.1) is 0 Å². The van der Waals surface area contributed by atoms with Gasteiger partial charge in [-0.1, -0.05) is 0 Å². The topological polar surface area (TPSA) is 123 Å². The van der Waals surface area contributed by atoms with Gasteiger partial charge in [0.25, 0.3) is 0 Å². The lowest BCUT2D eigenvalue weighted by Crippen LogP contribution is -2.23. The van der Waals surface area contributed by atoms with E-state index in [9.17, 15) is 24.9 Å². The zero-order chi connectivity index (χ0) is 19.2. The lowest BCUT2D eigenvalue weighted by atomic mass is 9.81. The number of hydrogen-bond donors (Lipinski definition) is 3. The number of aromatic hydroxyl groups is 2. The summed E-state index contributed by atoms with van der Waals surface area (Å²) in [6, 6.07) is 2.26. The summed E-state index contributed by atoms with van der Waals surface area (Å²) in [4.78, 5) is 26.1. The van der Waals surface area contributed by atoms with Crippen LogP contribution in [0.4, 0.5) is 0 Å². The van der Waals surface area contributed by atoms with Crippen molar-refractivity contribution in [3.63, 3.8) is 0 Å². The van der Waals surface area contributed by atoms with Crippen LogP contribution < -0.4 is 14.2 Å².